The minimum absolute atomic E-state index is 0.0155. The number of nitrogens with one attached hydrogen (secondary N) is 1. The van der Waals surface area contributed by atoms with E-state index >= 15 is 0 Å². The minimum atomic E-state index is -1.27. The van der Waals surface area contributed by atoms with E-state index in [0.717, 1.165) is 16.3 Å². The molecule has 8 heteroatoms. The van der Waals surface area contributed by atoms with E-state index in [1.807, 2.05) is 48.5 Å². The Balaban J connectivity index is 1.84. The molecule has 0 spiro atoms. The highest BCUT2D eigenvalue weighted by Crippen LogP contribution is 2.29. The SMILES string of the molecule is CN(C(=O)OC(C)(C)C)c1cc2ccccc2cc1C[C@H](NC(=O)OCc1ccccc1)C(=O)O. The maximum Gasteiger partial charge on any atom is 0.414 e. The van der Waals surface area contributed by atoms with Crippen LogP contribution >= 0.6 is 0 Å². The quantitative estimate of drug-likeness (QED) is 0.488. The van der Waals surface area contributed by atoms with Crippen molar-refractivity contribution in [2.24, 2.45) is 0 Å². The average molecular weight is 479 g/mol. The molecular formula is C27H30N2O6. The van der Waals surface area contributed by atoms with Gasteiger partial charge in [-0.3, -0.25) is 4.90 Å². The third kappa shape index (κ3) is 7.20. The summed E-state index contributed by atoms with van der Waals surface area (Å²) in [5.74, 6) is -1.22. The maximum atomic E-state index is 12.8. The first-order valence-electron chi connectivity index (χ1n) is 11.2. The summed E-state index contributed by atoms with van der Waals surface area (Å²) in [4.78, 5) is 38.4. The third-order valence-electron chi connectivity index (χ3n) is 5.20. The van der Waals surface area contributed by atoms with E-state index in [1.54, 1.807) is 46.0 Å². The van der Waals surface area contributed by atoms with Gasteiger partial charge in [0.1, 0.15) is 18.2 Å². The first kappa shape index (κ1) is 25.6. The van der Waals surface area contributed by atoms with Gasteiger partial charge in [0, 0.05) is 13.5 Å². The molecule has 0 aromatic heterocycles. The molecule has 184 valence electrons. The molecule has 3 aromatic carbocycles. The molecule has 2 N–H and O–H groups in total. The van der Waals surface area contributed by atoms with Crippen LogP contribution in [0.4, 0.5) is 15.3 Å². The maximum absolute atomic E-state index is 12.8. The van der Waals surface area contributed by atoms with Gasteiger partial charge in [-0.2, -0.15) is 0 Å². The summed E-state index contributed by atoms with van der Waals surface area (Å²) in [7, 11) is 1.57. The molecule has 2 amide bonds. The van der Waals surface area contributed by atoms with Crippen LogP contribution in [-0.4, -0.2) is 42.0 Å². The van der Waals surface area contributed by atoms with Crippen molar-refractivity contribution in [2.45, 2.75) is 45.4 Å². The molecular weight excluding hydrogens is 448 g/mol. The van der Waals surface area contributed by atoms with E-state index in [-0.39, 0.29) is 13.0 Å². The lowest BCUT2D eigenvalue weighted by Gasteiger charge is -2.27. The van der Waals surface area contributed by atoms with Gasteiger partial charge in [0.2, 0.25) is 0 Å². The van der Waals surface area contributed by atoms with Crippen LogP contribution in [0.15, 0.2) is 66.7 Å². The normalized spacial score (nSPS) is 12.0. The Bertz CT molecular complexity index is 1200. The number of aliphatic carboxylic acids is 1. The summed E-state index contributed by atoms with van der Waals surface area (Å²) in [5, 5.41) is 14.0. The number of carboxylic acids is 1. The van der Waals surface area contributed by atoms with E-state index in [4.69, 9.17) is 9.47 Å². The fourth-order valence-electron chi connectivity index (χ4n) is 3.51. The zero-order valence-electron chi connectivity index (χ0n) is 20.3. The number of benzene rings is 3. The molecule has 0 unspecified atom stereocenters. The van der Waals surface area contributed by atoms with E-state index in [9.17, 15) is 19.5 Å². The molecule has 0 fully saturated rings. The van der Waals surface area contributed by atoms with Crippen LogP contribution in [-0.2, 0) is 27.3 Å². The predicted molar refractivity (Wildman–Crippen MR) is 133 cm³/mol. The van der Waals surface area contributed by atoms with Crippen molar-refractivity contribution >= 4 is 34.6 Å². The monoisotopic (exact) mass is 478 g/mol. The number of carbonyl (C=O) groups excluding carboxylic acids is 2. The fourth-order valence-corrected chi connectivity index (χ4v) is 3.51. The second-order valence-electron chi connectivity index (χ2n) is 9.17. The number of hydrogen-bond donors (Lipinski definition) is 2. The van der Waals surface area contributed by atoms with Crippen molar-refractivity contribution in [3.8, 4) is 0 Å². The lowest BCUT2D eigenvalue weighted by molar-refractivity contribution is -0.139. The van der Waals surface area contributed by atoms with Gasteiger partial charge in [-0.15, -0.1) is 0 Å². The molecule has 0 bridgehead atoms. The molecule has 35 heavy (non-hydrogen) atoms. The van der Waals surface area contributed by atoms with E-state index in [2.05, 4.69) is 5.32 Å². The van der Waals surface area contributed by atoms with Crippen LogP contribution in [0.3, 0.4) is 0 Å². The smallest absolute Gasteiger partial charge is 0.414 e. The van der Waals surface area contributed by atoms with Crippen molar-refractivity contribution in [3.63, 3.8) is 0 Å². The predicted octanol–water partition coefficient (Wildman–Crippen LogP) is 5.13. The van der Waals surface area contributed by atoms with E-state index in [1.165, 1.54) is 4.90 Å². The molecule has 0 aliphatic heterocycles. The molecule has 3 aromatic rings. The Morgan fingerprint density at radius 3 is 2.17 bits per heavy atom. The van der Waals surface area contributed by atoms with Gasteiger partial charge in [0.05, 0.1) is 5.69 Å². The van der Waals surface area contributed by atoms with E-state index < -0.39 is 29.8 Å². The van der Waals surface area contributed by atoms with Gasteiger partial charge in [0.15, 0.2) is 0 Å². The second kappa shape index (κ2) is 10.9. The number of ether oxygens (including phenoxy) is 2. The van der Waals surface area contributed by atoms with Crippen molar-refractivity contribution in [3.05, 3.63) is 77.9 Å². The van der Waals surface area contributed by atoms with Gasteiger partial charge in [0.25, 0.3) is 0 Å². The van der Waals surface area contributed by atoms with Gasteiger partial charge in [-0.05, 0) is 54.8 Å². The number of anilines is 1. The molecule has 3 rings (SSSR count). The summed E-state index contributed by atoms with van der Waals surface area (Å²) in [6.45, 7) is 5.32. The molecule has 0 heterocycles. The summed E-state index contributed by atoms with van der Waals surface area (Å²) in [5.41, 5.74) is 1.14. The van der Waals surface area contributed by atoms with Gasteiger partial charge in [-0.25, -0.2) is 14.4 Å². The minimum Gasteiger partial charge on any atom is -0.480 e. The molecule has 0 aliphatic carbocycles. The topological polar surface area (TPSA) is 105 Å². The average Bonchev–Trinajstić information content (AvgIpc) is 2.81. The summed E-state index contributed by atoms with van der Waals surface area (Å²) >= 11 is 0. The number of amides is 2. The second-order valence-corrected chi connectivity index (χ2v) is 9.17. The number of rotatable bonds is 7. The zero-order valence-corrected chi connectivity index (χ0v) is 20.3. The largest absolute Gasteiger partial charge is 0.480 e. The molecule has 0 aliphatic rings. The number of hydrogen-bond acceptors (Lipinski definition) is 5. The highest BCUT2D eigenvalue weighted by atomic mass is 16.6. The summed E-state index contributed by atoms with van der Waals surface area (Å²) in [6.07, 6.45) is -1.48. The standard InChI is InChI=1S/C27H30N2O6/c1-27(2,3)35-26(33)29(4)23-16-20-13-9-8-12-19(20)14-21(23)15-22(24(30)31)28-25(32)34-17-18-10-6-5-7-11-18/h5-14,16,22H,15,17H2,1-4H3,(H,28,32)(H,30,31)/t22-/m0/s1. The van der Waals surface area contributed by atoms with Crippen molar-refractivity contribution in [2.75, 3.05) is 11.9 Å². The van der Waals surface area contributed by atoms with Crippen LogP contribution < -0.4 is 10.2 Å². The fraction of sp³-hybridized carbons (Fsp3) is 0.296. The zero-order chi connectivity index (χ0) is 25.6. The van der Waals surface area contributed by atoms with Crippen molar-refractivity contribution < 1.29 is 29.0 Å². The number of nitrogens with zero attached hydrogens (tertiary/aromatic N) is 1. The Kier molecular flexibility index (Phi) is 7.96. The first-order chi connectivity index (χ1) is 16.5. The van der Waals surface area contributed by atoms with Gasteiger partial charge < -0.3 is 19.9 Å². The lowest BCUT2D eigenvalue weighted by atomic mass is 9.99. The van der Waals surface area contributed by atoms with Gasteiger partial charge in [-0.1, -0.05) is 54.6 Å². The molecule has 8 nitrogen and oxygen atoms in total. The Morgan fingerprint density at radius 1 is 0.971 bits per heavy atom. The molecule has 0 saturated heterocycles. The van der Waals surface area contributed by atoms with Crippen LogP contribution in [0, 0.1) is 0 Å². The summed E-state index contributed by atoms with van der Waals surface area (Å²) in [6, 6.07) is 19.0. The number of alkyl carbamates (subject to hydrolysis) is 1. The third-order valence-corrected chi connectivity index (χ3v) is 5.20. The van der Waals surface area contributed by atoms with Crippen LogP contribution in [0.5, 0.6) is 0 Å². The Morgan fingerprint density at radius 2 is 1.57 bits per heavy atom. The molecule has 0 saturated carbocycles. The Labute approximate surface area is 204 Å². The highest BCUT2D eigenvalue weighted by Gasteiger charge is 2.26. The lowest BCUT2D eigenvalue weighted by Crippen LogP contribution is -2.43. The molecule has 0 radical (unpaired) electrons. The number of fused-ring (bicyclic) bond motifs is 1. The molecule has 1 atom stereocenters. The van der Waals surface area contributed by atoms with Crippen LogP contribution in [0.2, 0.25) is 0 Å². The van der Waals surface area contributed by atoms with Gasteiger partial charge >= 0.3 is 18.2 Å². The van der Waals surface area contributed by atoms with Crippen molar-refractivity contribution in [1.29, 1.82) is 0 Å². The van der Waals surface area contributed by atoms with Crippen LogP contribution in [0.25, 0.3) is 10.8 Å². The summed E-state index contributed by atoms with van der Waals surface area (Å²) < 4.78 is 10.7. The van der Waals surface area contributed by atoms with Crippen LogP contribution in [0.1, 0.15) is 31.9 Å². The number of carboxylic acid groups (broad SMARTS) is 1. The Hall–Kier alpha value is -4.07. The first-order valence-corrected chi connectivity index (χ1v) is 11.2. The van der Waals surface area contributed by atoms with Crippen molar-refractivity contribution in [1.82, 2.24) is 5.32 Å². The number of carbonyl (C=O) groups is 3. The van der Waals surface area contributed by atoms with E-state index in [0.29, 0.717) is 11.3 Å². The highest BCUT2D eigenvalue weighted by molar-refractivity contribution is 5.94.